The van der Waals surface area contributed by atoms with Crippen molar-refractivity contribution in [3.05, 3.63) is 35.4 Å². The van der Waals surface area contributed by atoms with E-state index < -0.39 is 0 Å². The van der Waals surface area contributed by atoms with Gasteiger partial charge in [-0.3, -0.25) is 0 Å². The van der Waals surface area contributed by atoms with E-state index in [2.05, 4.69) is 65.8 Å². The van der Waals surface area contributed by atoms with Crippen LogP contribution in [0.5, 0.6) is 0 Å². The summed E-state index contributed by atoms with van der Waals surface area (Å²) in [5.41, 5.74) is 3.40. The molecule has 22 heavy (non-hydrogen) atoms. The van der Waals surface area contributed by atoms with Crippen molar-refractivity contribution in [3.8, 4) is 0 Å². The van der Waals surface area contributed by atoms with E-state index in [1.807, 2.05) is 0 Å². The predicted molar refractivity (Wildman–Crippen MR) is 99.6 cm³/mol. The van der Waals surface area contributed by atoms with E-state index in [9.17, 15) is 0 Å². The Bertz CT molecular complexity index is 388. The highest BCUT2D eigenvalue weighted by molar-refractivity contribution is 5.32. The first kappa shape index (κ1) is 19.3. The largest absolute Gasteiger partial charge is 0.0654 e. The van der Waals surface area contributed by atoms with Crippen LogP contribution in [0.4, 0.5) is 0 Å². The van der Waals surface area contributed by atoms with Crippen molar-refractivity contribution >= 4 is 0 Å². The number of hydrogen-bond acceptors (Lipinski definition) is 0. The van der Waals surface area contributed by atoms with Crippen LogP contribution in [-0.4, -0.2) is 0 Å². The number of unbranched alkanes of at least 4 members (excludes halogenated alkanes) is 4. The fourth-order valence-corrected chi connectivity index (χ4v) is 3.19. The second kappa shape index (κ2) is 8.75. The van der Waals surface area contributed by atoms with Crippen molar-refractivity contribution in [3.63, 3.8) is 0 Å². The van der Waals surface area contributed by atoms with Gasteiger partial charge in [-0.2, -0.15) is 0 Å². The molecule has 0 saturated carbocycles. The molecular weight excluding hydrogens is 264 g/mol. The van der Waals surface area contributed by atoms with Crippen LogP contribution in [0.3, 0.4) is 0 Å². The number of benzene rings is 1. The van der Waals surface area contributed by atoms with E-state index in [0.717, 1.165) is 0 Å². The van der Waals surface area contributed by atoms with Crippen LogP contribution >= 0.6 is 0 Å². The number of hydrogen-bond donors (Lipinski definition) is 0. The quantitative estimate of drug-likeness (QED) is 0.401. The summed E-state index contributed by atoms with van der Waals surface area (Å²) in [6.07, 6.45) is 10.5. The van der Waals surface area contributed by atoms with Crippen molar-refractivity contribution in [2.24, 2.45) is 0 Å². The maximum atomic E-state index is 3.52. The Labute approximate surface area is 139 Å². The molecule has 0 heteroatoms. The summed E-state index contributed by atoms with van der Waals surface area (Å²) < 4.78 is 0. The highest BCUT2D eigenvalue weighted by Crippen LogP contribution is 2.34. The summed E-state index contributed by atoms with van der Waals surface area (Å²) in [4.78, 5) is 0. The highest BCUT2D eigenvalue weighted by Gasteiger charge is 2.24. The van der Waals surface area contributed by atoms with Gasteiger partial charge in [0.1, 0.15) is 0 Å². The average Bonchev–Trinajstić information content (AvgIpc) is 2.48. The molecule has 0 amide bonds. The van der Waals surface area contributed by atoms with Crippen LogP contribution in [0.25, 0.3) is 0 Å². The Hall–Kier alpha value is -0.780. The van der Waals surface area contributed by atoms with E-state index in [-0.39, 0.29) is 10.8 Å². The van der Waals surface area contributed by atoms with Gasteiger partial charge in [-0.05, 0) is 40.9 Å². The molecule has 0 aliphatic carbocycles. The van der Waals surface area contributed by atoms with Crippen molar-refractivity contribution in [1.82, 2.24) is 0 Å². The molecule has 0 unspecified atom stereocenters. The van der Waals surface area contributed by atoms with Crippen molar-refractivity contribution < 1.29 is 0 Å². The first-order chi connectivity index (χ1) is 10.3. The Balaban J connectivity index is 2.83. The van der Waals surface area contributed by atoms with Gasteiger partial charge in [0.15, 0.2) is 0 Å². The molecule has 0 aliphatic heterocycles. The molecule has 1 aromatic carbocycles. The lowest BCUT2D eigenvalue weighted by Gasteiger charge is -2.30. The highest BCUT2D eigenvalue weighted by atomic mass is 14.3. The molecule has 0 nitrogen and oxygen atoms in total. The van der Waals surface area contributed by atoms with Gasteiger partial charge in [0.25, 0.3) is 0 Å². The molecule has 1 rings (SSSR count). The van der Waals surface area contributed by atoms with Gasteiger partial charge in [-0.1, -0.05) is 98.3 Å². The lowest BCUT2D eigenvalue weighted by molar-refractivity contribution is 0.436. The zero-order valence-electron chi connectivity index (χ0n) is 15.9. The van der Waals surface area contributed by atoms with E-state index in [1.165, 1.54) is 62.5 Å². The minimum absolute atomic E-state index is 0.241. The summed E-state index contributed by atoms with van der Waals surface area (Å²) in [7, 11) is 0. The summed E-state index contributed by atoms with van der Waals surface area (Å²) >= 11 is 0. The average molecular weight is 302 g/mol. The summed E-state index contributed by atoms with van der Waals surface area (Å²) in [6.45, 7) is 14.1. The number of rotatable bonds is 10. The molecule has 0 spiro atoms. The molecule has 1 aromatic rings. The Kier molecular flexibility index (Phi) is 7.66. The molecule has 0 N–H and O–H groups in total. The van der Waals surface area contributed by atoms with Gasteiger partial charge in [0.05, 0.1) is 0 Å². The maximum absolute atomic E-state index is 3.52. The second-order valence-corrected chi connectivity index (χ2v) is 8.17. The predicted octanol–water partition coefficient (Wildman–Crippen LogP) is 7.20. The third-order valence-corrected chi connectivity index (χ3v) is 5.12. The minimum atomic E-state index is 0.241. The molecular formula is C22H37. The van der Waals surface area contributed by atoms with Crippen molar-refractivity contribution in [2.75, 3.05) is 0 Å². The lowest BCUT2D eigenvalue weighted by Crippen LogP contribution is -2.21. The molecule has 0 aliphatic rings. The van der Waals surface area contributed by atoms with Crippen LogP contribution in [0.1, 0.15) is 104 Å². The standard InChI is InChI=1S/C22H37/c1-7-9-11-16-21(3,4)19-14-13-15-20(18-19)22(5,6)17-12-10-8-2/h13-14,18H,7-12,16-17H2,1-6H3. The summed E-state index contributed by atoms with van der Waals surface area (Å²) in [5, 5.41) is 0. The van der Waals surface area contributed by atoms with Crippen LogP contribution in [0, 0.1) is 6.07 Å². The minimum Gasteiger partial charge on any atom is -0.0654 e. The van der Waals surface area contributed by atoms with Crippen LogP contribution < -0.4 is 0 Å². The molecule has 0 atom stereocenters. The Morgan fingerprint density at radius 2 is 1.36 bits per heavy atom. The fourth-order valence-electron chi connectivity index (χ4n) is 3.19. The van der Waals surface area contributed by atoms with Crippen molar-refractivity contribution in [2.45, 2.75) is 104 Å². The van der Waals surface area contributed by atoms with Gasteiger partial charge in [0, 0.05) is 0 Å². The van der Waals surface area contributed by atoms with Gasteiger partial charge in [-0.25, -0.2) is 0 Å². The van der Waals surface area contributed by atoms with Crippen molar-refractivity contribution in [1.29, 1.82) is 0 Å². The van der Waals surface area contributed by atoms with E-state index >= 15 is 0 Å². The van der Waals surface area contributed by atoms with E-state index in [1.54, 1.807) is 0 Å². The zero-order chi connectivity index (χ0) is 16.6. The Morgan fingerprint density at radius 3 is 1.91 bits per heavy atom. The van der Waals surface area contributed by atoms with E-state index in [4.69, 9.17) is 0 Å². The molecule has 0 saturated heterocycles. The molecule has 1 radical (unpaired) electrons. The SMILES string of the molecule is CCCCCC(C)(C)c1[c]ccc(C(C)(C)CCCCC)c1. The summed E-state index contributed by atoms with van der Waals surface area (Å²) in [6, 6.07) is 10.4. The maximum Gasteiger partial charge on any atom is -0.00973 e. The molecule has 0 bridgehead atoms. The zero-order valence-corrected chi connectivity index (χ0v) is 15.9. The van der Waals surface area contributed by atoms with Gasteiger partial charge < -0.3 is 0 Å². The van der Waals surface area contributed by atoms with Crippen LogP contribution in [-0.2, 0) is 10.8 Å². The van der Waals surface area contributed by atoms with E-state index in [0.29, 0.717) is 0 Å². The fraction of sp³-hybridized carbons (Fsp3) is 0.727. The topological polar surface area (TPSA) is 0 Å². The molecule has 125 valence electrons. The third kappa shape index (κ3) is 5.78. The van der Waals surface area contributed by atoms with Gasteiger partial charge in [-0.15, -0.1) is 0 Å². The summed E-state index contributed by atoms with van der Waals surface area (Å²) in [5.74, 6) is 0. The van der Waals surface area contributed by atoms with Gasteiger partial charge in [0.2, 0.25) is 0 Å². The lowest BCUT2D eigenvalue weighted by atomic mass is 9.75. The second-order valence-electron chi connectivity index (χ2n) is 8.17. The van der Waals surface area contributed by atoms with Crippen LogP contribution in [0.2, 0.25) is 0 Å². The molecule has 0 heterocycles. The monoisotopic (exact) mass is 301 g/mol. The molecule has 0 fully saturated rings. The normalized spacial score (nSPS) is 12.6. The smallest absolute Gasteiger partial charge is 0.00973 e. The molecule has 0 aromatic heterocycles. The first-order valence-corrected chi connectivity index (χ1v) is 9.36. The Morgan fingerprint density at radius 1 is 0.818 bits per heavy atom. The van der Waals surface area contributed by atoms with Gasteiger partial charge >= 0.3 is 0 Å². The van der Waals surface area contributed by atoms with Crippen LogP contribution in [0.15, 0.2) is 18.2 Å². The first-order valence-electron chi connectivity index (χ1n) is 9.36. The third-order valence-electron chi connectivity index (χ3n) is 5.12.